The van der Waals surface area contributed by atoms with Gasteiger partial charge in [-0.05, 0) is 96.9 Å². The molecular weight excluding hydrogens is 692 g/mol. The number of anilines is 1. The number of carbonyl (C=O) groups excluding carboxylic acids is 2. The SMILES string of the molecule is Cc1nn(-c2ccc(C(N)=O)c(NCCCOCCOCCOCCOCCOCCCNC3CC(C)(C)N([O])C(C)(C)C3)c2)c2c1C(=O)CC(C)(C)C2. The summed E-state index contributed by atoms with van der Waals surface area (Å²) in [6.07, 6.45) is 4.56. The summed E-state index contributed by atoms with van der Waals surface area (Å²) in [5, 5.41) is 25.4. The Kier molecular flexibility index (Phi) is 16.4. The minimum absolute atomic E-state index is 0.121. The molecule has 0 spiro atoms. The fraction of sp³-hybridized carbons (Fsp3) is 0.725. The highest BCUT2D eigenvalue weighted by Gasteiger charge is 2.46. The lowest BCUT2D eigenvalue weighted by atomic mass is 9.75. The van der Waals surface area contributed by atoms with E-state index in [2.05, 4.69) is 24.5 Å². The number of aromatic nitrogens is 2. The monoisotopic (exact) mass is 757 g/mol. The van der Waals surface area contributed by atoms with Gasteiger partial charge in [0.2, 0.25) is 0 Å². The molecule has 2 aliphatic rings. The second-order valence-corrected chi connectivity index (χ2v) is 16.5. The van der Waals surface area contributed by atoms with Crippen molar-refractivity contribution in [1.82, 2.24) is 20.2 Å². The number of carbonyl (C=O) groups is 2. The Labute approximate surface area is 321 Å². The van der Waals surface area contributed by atoms with Crippen LogP contribution in [0.5, 0.6) is 0 Å². The van der Waals surface area contributed by atoms with Crippen LogP contribution in [0.4, 0.5) is 5.69 Å². The number of ether oxygens (including phenoxy) is 5. The molecular formula is C40H65N6O8. The average molecular weight is 758 g/mol. The normalized spacial score (nSPS) is 18.2. The van der Waals surface area contributed by atoms with Crippen LogP contribution in [0.25, 0.3) is 5.69 Å². The summed E-state index contributed by atoms with van der Waals surface area (Å²) in [4.78, 5) is 25.0. The van der Waals surface area contributed by atoms with Gasteiger partial charge < -0.3 is 40.1 Å². The van der Waals surface area contributed by atoms with E-state index in [-0.39, 0.29) is 22.3 Å². The van der Waals surface area contributed by atoms with Crippen molar-refractivity contribution in [3.8, 4) is 5.69 Å². The third-order valence-corrected chi connectivity index (χ3v) is 9.99. The number of aryl methyl sites for hydroxylation is 1. The van der Waals surface area contributed by atoms with Crippen LogP contribution >= 0.6 is 0 Å². The molecule has 1 aromatic heterocycles. The topological polar surface area (TPSA) is 171 Å². The van der Waals surface area contributed by atoms with E-state index in [1.807, 2.05) is 51.4 Å². The van der Waals surface area contributed by atoms with E-state index in [0.717, 1.165) is 49.3 Å². The smallest absolute Gasteiger partial charge is 0.250 e. The Morgan fingerprint density at radius 3 is 1.87 bits per heavy atom. The van der Waals surface area contributed by atoms with Gasteiger partial charge in [-0.1, -0.05) is 13.8 Å². The first-order chi connectivity index (χ1) is 25.6. The van der Waals surface area contributed by atoms with Crippen molar-refractivity contribution in [1.29, 1.82) is 0 Å². The molecule has 1 amide bonds. The van der Waals surface area contributed by atoms with Gasteiger partial charge in [-0.15, -0.1) is 10.3 Å². The molecule has 0 unspecified atom stereocenters. The first-order valence-corrected chi connectivity index (χ1v) is 19.5. The highest BCUT2D eigenvalue weighted by atomic mass is 16.6. The van der Waals surface area contributed by atoms with Gasteiger partial charge in [0.05, 0.1) is 81.1 Å². The Morgan fingerprint density at radius 2 is 1.33 bits per heavy atom. The van der Waals surface area contributed by atoms with Crippen LogP contribution in [0.3, 0.4) is 0 Å². The maximum atomic E-state index is 12.9. The second kappa shape index (κ2) is 20.3. The molecule has 14 nitrogen and oxygen atoms in total. The predicted octanol–water partition coefficient (Wildman–Crippen LogP) is 4.67. The van der Waals surface area contributed by atoms with E-state index in [4.69, 9.17) is 34.5 Å². The number of nitrogens with one attached hydrogen (secondary N) is 2. The summed E-state index contributed by atoms with van der Waals surface area (Å²) in [5.74, 6) is -0.399. The molecule has 0 saturated carbocycles. The average Bonchev–Trinajstić information content (AvgIpc) is 3.42. The number of nitrogens with zero attached hydrogens (tertiary/aromatic N) is 3. The predicted molar refractivity (Wildman–Crippen MR) is 207 cm³/mol. The number of Topliss-reactive ketones (excluding diaryl/α,β-unsaturated/α-hetero) is 1. The fourth-order valence-corrected chi connectivity index (χ4v) is 7.65. The van der Waals surface area contributed by atoms with Crippen molar-refractivity contribution in [3.05, 3.63) is 40.7 Å². The van der Waals surface area contributed by atoms with E-state index in [1.165, 1.54) is 5.06 Å². The van der Waals surface area contributed by atoms with E-state index in [0.29, 0.717) is 108 Å². The molecule has 1 radical (unpaired) electrons. The van der Waals surface area contributed by atoms with Crippen LogP contribution in [0.15, 0.2) is 18.2 Å². The van der Waals surface area contributed by atoms with Crippen molar-refractivity contribution < 1.29 is 38.5 Å². The minimum Gasteiger partial charge on any atom is -0.384 e. The molecule has 4 rings (SSSR count). The number of hydrogen-bond donors (Lipinski definition) is 3. The molecule has 1 aromatic carbocycles. The van der Waals surface area contributed by atoms with Gasteiger partial charge in [0.15, 0.2) is 5.78 Å². The largest absolute Gasteiger partial charge is 0.384 e. The zero-order valence-electron chi connectivity index (χ0n) is 33.7. The number of nitrogens with two attached hydrogens (primary N) is 1. The fourth-order valence-electron chi connectivity index (χ4n) is 7.65. The zero-order chi connectivity index (χ0) is 39.4. The van der Waals surface area contributed by atoms with Crippen LogP contribution in [0, 0.1) is 12.3 Å². The third-order valence-electron chi connectivity index (χ3n) is 9.99. The van der Waals surface area contributed by atoms with Crippen LogP contribution < -0.4 is 16.4 Å². The maximum absolute atomic E-state index is 12.9. The van der Waals surface area contributed by atoms with Crippen LogP contribution in [0.1, 0.15) is 106 Å². The van der Waals surface area contributed by atoms with Crippen molar-refractivity contribution in [3.63, 3.8) is 0 Å². The quantitative estimate of drug-likeness (QED) is 0.127. The summed E-state index contributed by atoms with van der Waals surface area (Å²) >= 11 is 0. The third kappa shape index (κ3) is 12.8. The molecule has 1 aliphatic heterocycles. The lowest BCUT2D eigenvalue weighted by Crippen LogP contribution is -2.61. The van der Waals surface area contributed by atoms with E-state index >= 15 is 0 Å². The summed E-state index contributed by atoms with van der Waals surface area (Å²) in [7, 11) is 0. The van der Waals surface area contributed by atoms with Crippen molar-refractivity contribution >= 4 is 17.4 Å². The number of hydrogen-bond acceptors (Lipinski definition) is 11. The summed E-state index contributed by atoms with van der Waals surface area (Å²) < 4.78 is 30.0. The lowest BCUT2D eigenvalue weighted by molar-refractivity contribution is -0.290. The number of amides is 1. The molecule has 0 atom stereocenters. The Balaban J connectivity index is 0.975. The molecule has 14 heteroatoms. The van der Waals surface area contributed by atoms with Crippen molar-refractivity contribution in [2.75, 3.05) is 84.5 Å². The molecule has 1 saturated heterocycles. The van der Waals surface area contributed by atoms with Crippen molar-refractivity contribution in [2.45, 2.75) is 104 Å². The Morgan fingerprint density at radius 1 is 0.815 bits per heavy atom. The second-order valence-electron chi connectivity index (χ2n) is 16.5. The zero-order valence-corrected chi connectivity index (χ0v) is 33.7. The molecule has 0 bridgehead atoms. The van der Waals surface area contributed by atoms with E-state index < -0.39 is 5.91 Å². The van der Waals surface area contributed by atoms with Gasteiger partial charge >= 0.3 is 0 Å². The van der Waals surface area contributed by atoms with Gasteiger partial charge in [-0.3, -0.25) is 9.59 Å². The number of hydroxylamine groups is 2. The number of primary amides is 1. The number of piperidine rings is 1. The van der Waals surface area contributed by atoms with Crippen LogP contribution in [0.2, 0.25) is 0 Å². The first-order valence-electron chi connectivity index (χ1n) is 19.5. The highest BCUT2D eigenvalue weighted by molar-refractivity contribution is 6.00. The number of benzene rings is 1. The van der Waals surface area contributed by atoms with Crippen molar-refractivity contribution in [2.24, 2.45) is 11.1 Å². The molecule has 4 N–H and O–H groups in total. The van der Waals surface area contributed by atoms with Gasteiger partial charge in [0.1, 0.15) is 0 Å². The summed E-state index contributed by atoms with van der Waals surface area (Å²) in [6.45, 7) is 20.7. The van der Waals surface area contributed by atoms with Gasteiger partial charge in [0, 0.05) is 49.0 Å². The molecule has 2 aromatic rings. The van der Waals surface area contributed by atoms with Gasteiger partial charge in [0.25, 0.3) is 5.91 Å². The Bertz CT molecular complexity index is 1490. The molecule has 1 aliphatic carbocycles. The van der Waals surface area contributed by atoms with E-state index in [9.17, 15) is 14.8 Å². The Hall–Kier alpha value is -2.95. The van der Waals surface area contributed by atoms with Crippen LogP contribution in [-0.2, 0) is 35.3 Å². The standard InChI is InChI=1S/C40H65N6O8/c1-29-36-34(27-38(2,3)28-35(36)47)45(44-29)31-10-11-32(37(41)48)33(24-31)43-13-9-15-51-17-19-53-21-23-54-22-20-52-18-16-50-14-8-12-42-30-25-39(4,5)46(49)40(6,7)26-30/h10-11,24,30,42-43H,8-9,12-23,25-28H2,1-7H3,(H2,41,48). The summed E-state index contributed by atoms with van der Waals surface area (Å²) in [6, 6.07) is 5.72. The summed E-state index contributed by atoms with van der Waals surface area (Å²) in [5.41, 5.74) is 8.92. The number of ketones is 1. The van der Waals surface area contributed by atoms with Crippen LogP contribution in [-0.4, -0.2) is 123 Å². The molecule has 2 heterocycles. The molecule has 54 heavy (non-hydrogen) atoms. The first kappa shape index (κ1) is 43.8. The van der Waals surface area contributed by atoms with Gasteiger partial charge in [-0.25, -0.2) is 4.68 Å². The number of rotatable bonds is 24. The maximum Gasteiger partial charge on any atom is 0.250 e. The van der Waals surface area contributed by atoms with Gasteiger partial charge in [-0.2, -0.15) is 5.10 Å². The minimum atomic E-state index is -0.520. The van der Waals surface area contributed by atoms with E-state index in [1.54, 1.807) is 6.07 Å². The number of fused-ring (bicyclic) bond motifs is 1. The highest BCUT2D eigenvalue weighted by Crippen LogP contribution is 2.38. The lowest BCUT2D eigenvalue weighted by Gasteiger charge is -2.50. The molecule has 1 fully saturated rings. The molecule has 303 valence electrons.